The van der Waals surface area contributed by atoms with Gasteiger partial charge < -0.3 is 24.1 Å². The van der Waals surface area contributed by atoms with Crippen LogP contribution in [0.4, 0.5) is 0 Å². The summed E-state index contributed by atoms with van der Waals surface area (Å²) in [4.78, 5) is 0. The van der Waals surface area contributed by atoms with E-state index in [1.165, 1.54) is 0 Å². The first-order chi connectivity index (χ1) is 11.9. The van der Waals surface area contributed by atoms with E-state index in [1.54, 1.807) is 12.5 Å². The second kappa shape index (κ2) is 5.10. The van der Waals surface area contributed by atoms with Gasteiger partial charge in [-0.1, -0.05) is 13.3 Å². The molecule has 0 amide bonds. The quantitative estimate of drug-likeness (QED) is 0.816. The van der Waals surface area contributed by atoms with E-state index in [2.05, 4.69) is 6.92 Å². The fraction of sp³-hybridized carbons (Fsp3) is 0.800. The summed E-state index contributed by atoms with van der Waals surface area (Å²) < 4.78 is 17.9. The Bertz CT molecular complexity index is 655. The third-order valence-corrected chi connectivity index (χ3v) is 8.17. The van der Waals surface area contributed by atoms with Gasteiger partial charge >= 0.3 is 0 Å². The summed E-state index contributed by atoms with van der Waals surface area (Å²) in [6, 6.07) is 1.96. The van der Waals surface area contributed by atoms with Gasteiger partial charge in [0.25, 0.3) is 0 Å². The lowest BCUT2D eigenvalue weighted by Gasteiger charge is -2.68. The molecule has 2 saturated carbocycles. The van der Waals surface area contributed by atoms with Gasteiger partial charge in [0.05, 0.1) is 42.4 Å². The molecule has 2 saturated heterocycles. The first-order valence-corrected chi connectivity index (χ1v) is 9.61. The number of furan rings is 1. The van der Waals surface area contributed by atoms with Crippen LogP contribution in [0, 0.1) is 22.7 Å². The summed E-state index contributed by atoms with van der Waals surface area (Å²) in [6.07, 6.45) is 6.93. The summed E-state index contributed by atoms with van der Waals surface area (Å²) >= 11 is 0. The zero-order valence-electron chi connectivity index (χ0n) is 15.0. The number of ether oxygens (including phenoxy) is 2. The van der Waals surface area contributed by atoms with E-state index in [1.807, 2.05) is 13.0 Å². The highest BCUT2D eigenvalue weighted by Crippen LogP contribution is 2.71. The van der Waals surface area contributed by atoms with Crippen molar-refractivity contribution in [3.8, 4) is 0 Å². The van der Waals surface area contributed by atoms with E-state index in [0.29, 0.717) is 13.0 Å². The van der Waals surface area contributed by atoms with Gasteiger partial charge in [0.2, 0.25) is 0 Å². The molecule has 2 N–H and O–H groups in total. The molecular formula is C20H28O5. The van der Waals surface area contributed by atoms with Crippen LogP contribution in [0.25, 0.3) is 0 Å². The highest BCUT2D eigenvalue weighted by Gasteiger charge is 2.74. The molecule has 25 heavy (non-hydrogen) atoms. The molecule has 1 aromatic heterocycles. The van der Waals surface area contributed by atoms with Crippen molar-refractivity contribution in [1.29, 1.82) is 0 Å². The average Bonchev–Trinajstić information content (AvgIpc) is 3.20. The highest BCUT2D eigenvalue weighted by atomic mass is 16.7. The molecule has 2 aliphatic carbocycles. The standard InChI is InChI=1S/C20H28O5/c1-12-8-16(21)20-11-24-17-19(12,15(20)4-3-6-18(20,2)22)9-14(25-17)13-5-7-23-10-13/h5,7,10,12,14-17,21-22H,3-4,6,8-9,11H2,1-2H3/t12-,14+,15-,16+,17+,18-,19-,20+/m1/s1. The predicted molar refractivity (Wildman–Crippen MR) is 89.5 cm³/mol. The van der Waals surface area contributed by atoms with Crippen molar-refractivity contribution in [3.05, 3.63) is 24.2 Å². The van der Waals surface area contributed by atoms with Gasteiger partial charge in [-0.15, -0.1) is 0 Å². The fourth-order valence-electron chi connectivity index (χ4n) is 6.86. The van der Waals surface area contributed by atoms with E-state index >= 15 is 0 Å². The van der Waals surface area contributed by atoms with Crippen molar-refractivity contribution in [2.24, 2.45) is 22.7 Å². The predicted octanol–water partition coefficient (Wildman–Crippen LogP) is 3.02. The van der Waals surface area contributed by atoms with Crippen LogP contribution in [0.3, 0.4) is 0 Å². The fourth-order valence-corrected chi connectivity index (χ4v) is 6.86. The normalized spacial score (nSPS) is 54.8. The van der Waals surface area contributed by atoms with Crippen LogP contribution in [0.1, 0.15) is 57.6 Å². The molecule has 5 heteroatoms. The lowest BCUT2D eigenvalue weighted by atomic mass is 9.41. The molecule has 1 spiro atoms. The smallest absolute Gasteiger partial charge is 0.164 e. The summed E-state index contributed by atoms with van der Waals surface area (Å²) in [5, 5.41) is 22.4. The number of hydrogen-bond donors (Lipinski definition) is 2. The van der Waals surface area contributed by atoms with Gasteiger partial charge in [-0.25, -0.2) is 0 Å². The lowest BCUT2D eigenvalue weighted by molar-refractivity contribution is -0.354. The number of aliphatic hydroxyl groups excluding tert-OH is 1. The molecule has 8 atom stereocenters. The van der Waals surface area contributed by atoms with Crippen LogP contribution < -0.4 is 0 Å². The molecular weight excluding hydrogens is 320 g/mol. The van der Waals surface area contributed by atoms with Crippen molar-refractivity contribution in [1.82, 2.24) is 0 Å². The Hall–Kier alpha value is -0.880. The molecule has 4 fully saturated rings. The van der Waals surface area contributed by atoms with Crippen LogP contribution in [0.2, 0.25) is 0 Å². The molecule has 2 bridgehead atoms. The second-order valence-electron chi connectivity index (χ2n) is 9.05. The third kappa shape index (κ3) is 1.83. The monoisotopic (exact) mass is 348 g/mol. The maximum absolute atomic E-state index is 11.3. The van der Waals surface area contributed by atoms with Crippen molar-refractivity contribution in [2.75, 3.05) is 6.61 Å². The maximum atomic E-state index is 11.3. The Morgan fingerprint density at radius 2 is 2.16 bits per heavy atom. The average molecular weight is 348 g/mol. The Balaban J connectivity index is 1.62. The maximum Gasteiger partial charge on any atom is 0.164 e. The third-order valence-electron chi connectivity index (χ3n) is 8.17. The Labute approximate surface area is 148 Å². The van der Waals surface area contributed by atoms with Crippen molar-refractivity contribution < 1.29 is 24.1 Å². The Morgan fingerprint density at radius 1 is 1.32 bits per heavy atom. The number of hydrogen-bond acceptors (Lipinski definition) is 5. The number of aliphatic hydroxyl groups is 2. The van der Waals surface area contributed by atoms with Gasteiger partial charge in [-0.05, 0) is 50.5 Å². The first-order valence-electron chi connectivity index (χ1n) is 9.61. The van der Waals surface area contributed by atoms with Crippen molar-refractivity contribution >= 4 is 0 Å². The summed E-state index contributed by atoms with van der Waals surface area (Å²) in [6.45, 7) is 4.50. The molecule has 1 aromatic rings. The molecule has 0 radical (unpaired) electrons. The van der Waals surface area contributed by atoms with E-state index in [9.17, 15) is 10.2 Å². The zero-order chi connectivity index (χ0) is 17.4. The van der Waals surface area contributed by atoms with E-state index in [-0.39, 0.29) is 29.6 Å². The summed E-state index contributed by atoms with van der Waals surface area (Å²) in [5.74, 6) is 0.509. The topological polar surface area (TPSA) is 72.1 Å². The van der Waals surface area contributed by atoms with Crippen molar-refractivity contribution in [2.45, 2.75) is 70.1 Å². The first kappa shape index (κ1) is 16.3. The minimum absolute atomic E-state index is 0.0379. The largest absolute Gasteiger partial charge is 0.472 e. The van der Waals surface area contributed by atoms with Crippen LogP contribution in [0.5, 0.6) is 0 Å². The van der Waals surface area contributed by atoms with Gasteiger partial charge in [0, 0.05) is 11.0 Å². The van der Waals surface area contributed by atoms with Crippen molar-refractivity contribution in [3.63, 3.8) is 0 Å². The minimum Gasteiger partial charge on any atom is -0.472 e. The number of rotatable bonds is 1. The van der Waals surface area contributed by atoms with Crippen LogP contribution >= 0.6 is 0 Å². The molecule has 3 heterocycles. The second-order valence-corrected chi connectivity index (χ2v) is 9.05. The molecule has 0 unspecified atom stereocenters. The van der Waals surface area contributed by atoms with E-state index in [4.69, 9.17) is 13.9 Å². The van der Waals surface area contributed by atoms with Crippen LogP contribution in [-0.2, 0) is 9.47 Å². The highest BCUT2D eigenvalue weighted by molar-refractivity contribution is 5.22. The molecule has 138 valence electrons. The molecule has 0 aromatic carbocycles. The van der Waals surface area contributed by atoms with Gasteiger partial charge in [0.1, 0.15) is 0 Å². The van der Waals surface area contributed by atoms with Gasteiger partial charge in [-0.2, -0.15) is 0 Å². The van der Waals surface area contributed by atoms with Crippen LogP contribution in [-0.4, -0.2) is 34.8 Å². The lowest BCUT2D eigenvalue weighted by Crippen LogP contribution is -2.73. The van der Waals surface area contributed by atoms with Gasteiger partial charge in [0.15, 0.2) is 6.29 Å². The molecule has 5 rings (SSSR count). The molecule has 2 aliphatic heterocycles. The Morgan fingerprint density at radius 3 is 2.92 bits per heavy atom. The zero-order valence-corrected chi connectivity index (χ0v) is 15.0. The van der Waals surface area contributed by atoms with Gasteiger partial charge in [-0.3, -0.25) is 0 Å². The van der Waals surface area contributed by atoms with E-state index < -0.39 is 17.1 Å². The Kier molecular flexibility index (Phi) is 3.32. The summed E-state index contributed by atoms with van der Waals surface area (Å²) in [7, 11) is 0. The molecule has 5 nitrogen and oxygen atoms in total. The SMILES string of the molecule is C[C@@H]1C[C@H](O)[C@]23CO[C@H]4O[C@H](c5ccoc5)C[C@@]41[C@H]2CCC[C@@]3(C)O. The minimum atomic E-state index is -0.902. The molecule has 4 aliphatic rings. The van der Waals surface area contributed by atoms with Crippen LogP contribution in [0.15, 0.2) is 23.0 Å². The van der Waals surface area contributed by atoms with E-state index in [0.717, 1.165) is 31.2 Å². The summed E-state index contributed by atoms with van der Waals surface area (Å²) in [5.41, 5.74) is -0.577.